The highest BCUT2D eigenvalue weighted by Gasteiger charge is 2.31. The Labute approximate surface area is 105 Å². The van der Waals surface area contributed by atoms with E-state index in [0.717, 1.165) is 25.4 Å². The number of likely N-dealkylation sites (N-methyl/N-ethyl adjacent to an activating group) is 1. The number of nitrogens with zero attached hydrogens (tertiary/aromatic N) is 1. The van der Waals surface area contributed by atoms with E-state index in [2.05, 4.69) is 17.1 Å². The van der Waals surface area contributed by atoms with Crippen LogP contribution in [-0.2, 0) is 4.79 Å². The largest absolute Gasteiger partial charge is 0.341 e. The van der Waals surface area contributed by atoms with Crippen LogP contribution in [0.25, 0.3) is 0 Å². The Balaban J connectivity index is 1.88. The SMILES string of the molecule is CNC(CN1CC(C)CC1=O)C1CCCCC1. The van der Waals surface area contributed by atoms with Gasteiger partial charge >= 0.3 is 0 Å². The molecule has 3 heteroatoms. The molecule has 0 aromatic heterocycles. The van der Waals surface area contributed by atoms with Gasteiger partial charge in [0.25, 0.3) is 0 Å². The zero-order chi connectivity index (χ0) is 12.3. The molecule has 3 nitrogen and oxygen atoms in total. The zero-order valence-electron chi connectivity index (χ0n) is 11.2. The molecule has 98 valence electrons. The number of carbonyl (C=O) groups is 1. The number of hydrogen-bond acceptors (Lipinski definition) is 2. The minimum atomic E-state index is 0.355. The van der Waals surface area contributed by atoms with E-state index in [0.29, 0.717) is 17.9 Å². The molecule has 1 amide bonds. The summed E-state index contributed by atoms with van der Waals surface area (Å²) in [5.74, 6) is 1.68. The molecule has 17 heavy (non-hydrogen) atoms. The monoisotopic (exact) mass is 238 g/mol. The lowest BCUT2D eigenvalue weighted by molar-refractivity contribution is -0.128. The molecule has 2 rings (SSSR count). The van der Waals surface area contributed by atoms with Crippen LogP contribution in [0.3, 0.4) is 0 Å². The average Bonchev–Trinajstić information content (AvgIpc) is 2.66. The normalized spacial score (nSPS) is 28.7. The summed E-state index contributed by atoms with van der Waals surface area (Å²) in [7, 11) is 2.04. The van der Waals surface area contributed by atoms with Gasteiger partial charge in [-0.2, -0.15) is 0 Å². The van der Waals surface area contributed by atoms with Gasteiger partial charge in [-0.15, -0.1) is 0 Å². The maximum absolute atomic E-state index is 11.8. The Hall–Kier alpha value is -0.570. The van der Waals surface area contributed by atoms with E-state index in [9.17, 15) is 4.79 Å². The summed E-state index contributed by atoms with van der Waals surface area (Å²) in [5.41, 5.74) is 0. The van der Waals surface area contributed by atoms with Crippen LogP contribution in [0.2, 0.25) is 0 Å². The summed E-state index contributed by atoms with van der Waals surface area (Å²) in [6, 6.07) is 0.504. The van der Waals surface area contributed by atoms with Gasteiger partial charge in [-0.3, -0.25) is 4.79 Å². The van der Waals surface area contributed by atoms with Crippen molar-refractivity contribution >= 4 is 5.91 Å². The Morgan fingerprint density at radius 2 is 2.06 bits per heavy atom. The fourth-order valence-electron chi connectivity index (χ4n) is 3.40. The molecular formula is C14H26N2O. The summed E-state index contributed by atoms with van der Waals surface area (Å²) in [6.07, 6.45) is 7.56. The third-order valence-electron chi connectivity index (χ3n) is 4.41. The summed E-state index contributed by atoms with van der Waals surface area (Å²) in [6.45, 7) is 4.06. The molecule has 1 saturated carbocycles. The van der Waals surface area contributed by atoms with E-state index in [-0.39, 0.29) is 0 Å². The Morgan fingerprint density at radius 1 is 1.35 bits per heavy atom. The van der Waals surface area contributed by atoms with Crippen LogP contribution in [0, 0.1) is 11.8 Å². The maximum Gasteiger partial charge on any atom is 0.222 e. The molecule has 1 saturated heterocycles. The lowest BCUT2D eigenvalue weighted by atomic mass is 9.83. The zero-order valence-corrected chi connectivity index (χ0v) is 11.2. The van der Waals surface area contributed by atoms with Crippen molar-refractivity contribution in [2.24, 2.45) is 11.8 Å². The summed E-state index contributed by atoms with van der Waals surface area (Å²) in [4.78, 5) is 13.9. The number of hydrogen-bond donors (Lipinski definition) is 1. The van der Waals surface area contributed by atoms with Gasteiger partial charge in [0, 0.05) is 25.6 Å². The standard InChI is InChI=1S/C14H26N2O/c1-11-8-14(17)16(9-11)10-13(15-2)12-6-4-3-5-7-12/h11-13,15H,3-10H2,1-2H3. The van der Waals surface area contributed by atoms with Gasteiger partial charge in [0.15, 0.2) is 0 Å². The molecule has 2 aliphatic rings. The predicted octanol–water partition coefficient (Wildman–Crippen LogP) is 2.02. The molecule has 1 N–H and O–H groups in total. The van der Waals surface area contributed by atoms with Gasteiger partial charge in [-0.05, 0) is 31.7 Å². The number of nitrogens with one attached hydrogen (secondary N) is 1. The van der Waals surface area contributed by atoms with Gasteiger partial charge in [0.05, 0.1) is 0 Å². The number of amides is 1. The first-order valence-electron chi connectivity index (χ1n) is 7.15. The Kier molecular flexibility index (Phi) is 4.43. The van der Waals surface area contributed by atoms with Crippen LogP contribution in [0.5, 0.6) is 0 Å². The van der Waals surface area contributed by atoms with Gasteiger partial charge < -0.3 is 10.2 Å². The van der Waals surface area contributed by atoms with Crippen molar-refractivity contribution in [3.05, 3.63) is 0 Å². The van der Waals surface area contributed by atoms with E-state index in [1.165, 1.54) is 32.1 Å². The predicted molar refractivity (Wildman–Crippen MR) is 69.8 cm³/mol. The lowest BCUT2D eigenvalue weighted by Gasteiger charge is -2.33. The van der Waals surface area contributed by atoms with Gasteiger partial charge in [0.1, 0.15) is 0 Å². The average molecular weight is 238 g/mol. The number of likely N-dealkylation sites (tertiary alicyclic amines) is 1. The molecule has 2 fully saturated rings. The third-order valence-corrected chi connectivity index (χ3v) is 4.41. The fraction of sp³-hybridized carbons (Fsp3) is 0.929. The second-order valence-corrected chi connectivity index (χ2v) is 5.90. The first kappa shape index (κ1) is 12.9. The topological polar surface area (TPSA) is 32.3 Å². The number of rotatable bonds is 4. The number of carbonyl (C=O) groups excluding carboxylic acids is 1. The molecule has 1 aliphatic heterocycles. The molecule has 0 radical (unpaired) electrons. The molecule has 0 spiro atoms. The van der Waals surface area contributed by atoms with Crippen LogP contribution in [-0.4, -0.2) is 37.0 Å². The highest BCUT2D eigenvalue weighted by molar-refractivity contribution is 5.78. The summed E-state index contributed by atoms with van der Waals surface area (Å²) >= 11 is 0. The second-order valence-electron chi connectivity index (χ2n) is 5.90. The van der Waals surface area contributed by atoms with E-state index < -0.39 is 0 Å². The maximum atomic E-state index is 11.8. The second kappa shape index (κ2) is 5.85. The summed E-state index contributed by atoms with van der Waals surface area (Å²) in [5, 5.41) is 3.44. The van der Waals surface area contributed by atoms with E-state index in [4.69, 9.17) is 0 Å². The van der Waals surface area contributed by atoms with E-state index in [1.54, 1.807) is 0 Å². The van der Waals surface area contributed by atoms with Gasteiger partial charge in [-0.1, -0.05) is 26.2 Å². The van der Waals surface area contributed by atoms with Crippen LogP contribution < -0.4 is 5.32 Å². The summed E-state index contributed by atoms with van der Waals surface area (Å²) < 4.78 is 0. The minimum absolute atomic E-state index is 0.355. The van der Waals surface area contributed by atoms with E-state index >= 15 is 0 Å². The fourth-order valence-corrected chi connectivity index (χ4v) is 3.40. The molecule has 0 aromatic carbocycles. The molecule has 2 unspecified atom stereocenters. The van der Waals surface area contributed by atoms with Crippen molar-refractivity contribution in [2.45, 2.75) is 51.5 Å². The minimum Gasteiger partial charge on any atom is -0.341 e. The smallest absolute Gasteiger partial charge is 0.222 e. The van der Waals surface area contributed by atoms with Crippen molar-refractivity contribution < 1.29 is 4.79 Å². The highest BCUT2D eigenvalue weighted by atomic mass is 16.2. The van der Waals surface area contributed by atoms with Gasteiger partial charge in [-0.25, -0.2) is 0 Å². The quantitative estimate of drug-likeness (QED) is 0.812. The first-order chi connectivity index (χ1) is 8.20. The molecule has 0 bridgehead atoms. The Bertz CT molecular complexity index is 261. The molecule has 1 heterocycles. The highest BCUT2D eigenvalue weighted by Crippen LogP contribution is 2.28. The van der Waals surface area contributed by atoms with Crippen molar-refractivity contribution in [1.29, 1.82) is 0 Å². The lowest BCUT2D eigenvalue weighted by Crippen LogP contribution is -2.45. The van der Waals surface area contributed by atoms with Crippen LogP contribution >= 0.6 is 0 Å². The van der Waals surface area contributed by atoms with E-state index in [1.807, 2.05) is 7.05 Å². The third kappa shape index (κ3) is 3.21. The van der Waals surface area contributed by atoms with Crippen molar-refractivity contribution in [1.82, 2.24) is 10.2 Å². The van der Waals surface area contributed by atoms with Crippen LogP contribution in [0.4, 0.5) is 0 Å². The molecule has 2 atom stereocenters. The van der Waals surface area contributed by atoms with Crippen molar-refractivity contribution in [2.75, 3.05) is 20.1 Å². The van der Waals surface area contributed by atoms with Crippen LogP contribution in [0.1, 0.15) is 45.4 Å². The molecule has 1 aliphatic carbocycles. The molecule has 0 aromatic rings. The van der Waals surface area contributed by atoms with Crippen LogP contribution in [0.15, 0.2) is 0 Å². The van der Waals surface area contributed by atoms with Gasteiger partial charge in [0.2, 0.25) is 5.91 Å². The first-order valence-corrected chi connectivity index (χ1v) is 7.15. The Morgan fingerprint density at radius 3 is 2.59 bits per heavy atom. The van der Waals surface area contributed by atoms with Crippen molar-refractivity contribution in [3.8, 4) is 0 Å². The van der Waals surface area contributed by atoms with Crippen molar-refractivity contribution in [3.63, 3.8) is 0 Å². The molecular weight excluding hydrogens is 212 g/mol.